The summed E-state index contributed by atoms with van der Waals surface area (Å²) in [7, 11) is 1.84. The van der Waals surface area contributed by atoms with E-state index in [0.29, 0.717) is 18.7 Å². The zero-order valence-electron chi connectivity index (χ0n) is 17.7. The molecule has 162 valence electrons. The van der Waals surface area contributed by atoms with Crippen LogP contribution in [0.5, 0.6) is 0 Å². The molecule has 1 aromatic carbocycles. The number of likely N-dealkylation sites (N-methyl/N-ethyl adjacent to an activating group) is 1. The van der Waals surface area contributed by atoms with Crippen LogP contribution < -0.4 is 5.32 Å². The van der Waals surface area contributed by atoms with Crippen molar-refractivity contribution in [2.45, 2.75) is 32.4 Å². The minimum Gasteiger partial charge on any atom is -0.333 e. The number of carbonyl (C=O) groups excluding carboxylic acids is 1. The van der Waals surface area contributed by atoms with Crippen LogP contribution in [0.3, 0.4) is 0 Å². The average molecular weight is 440 g/mol. The van der Waals surface area contributed by atoms with Crippen molar-refractivity contribution >= 4 is 28.1 Å². The Bertz CT molecular complexity index is 1040. The molecule has 3 heterocycles. The summed E-state index contributed by atoms with van der Waals surface area (Å²) in [6.07, 6.45) is 3.59. The monoisotopic (exact) mass is 439 g/mol. The summed E-state index contributed by atoms with van der Waals surface area (Å²) in [4.78, 5) is 25.8. The highest BCUT2D eigenvalue weighted by atomic mass is 32.1. The molecule has 1 fully saturated rings. The second-order valence-electron chi connectivity index (χ2n) is 7.89. The Morgan fingerprint density at radius 2 is 2.19 bits per heavy atom. The molecular formula is C23H26FN5OS. The number of aryl methyl sites for hydroxylation is 1. The van der Waals surface area contributed by atoms with Crippen LogP contribution in [-0.2, 0) is 11.3 Å². The van der Waals surface area contributed by atoms with Crippen LogP contribution in [-0.4, -0.2) is 45.8 Å². The Hall–Kier alpha value is -2.84. The molecule has 1 atom stereocenters. The van der Waals surface area contributed by atoms with Crippen LogP contribution in [0, 0.1) is 12.7 Å². The molecule has 1 saturated heterocycles. The zero-order valence-corrected chi connectivity index (χ0v) is 18.5. The molecule has 1 aliphatic rings. The number of benzene rings is 1. The fraction of sp³-hybridized carbons (Fsp3) is 0.348. The van der Waals surface area contributed by atoms with Crippen molar-refractivity contribution < 1.29 is 9.18 Å². The number of hydrogen-bond donors (Lipinski definition) is 1. The largest absolute Gasteiger partial charge is 0.333 e. The number of carbonyl (C=O) groups is 1. The summed E-state index contributed by atoms with van der Waals surface area (Å²) in [5, 5.41) is 6.07. The summed E-state index contributed by atoms with van der Waals surface area (Å²) in [6, 6.07) is 10.6. The lowest BCUT2D eigenvalue weighted by molar-refractivity contribution is -0.133. The second-order valence-corrected chi connectivity index (χ2v) is 8.79. The summed E-state index contributed by atoms with van der Waals surface area (Å²) in [5.41, 5.74) is 3.30. The Morgan fingerprint density at radius 1 is 1.35 bits per heavy atom. The van der Waals surface area contributed by atoms with E-state index in [9.17, 15) is 9.18 Å². The standard InChI is InChI=1S/C23H26FN5OS/c1-16-12-18(27-23-25-9-11-31-23)13-20(26-16)21-8-5-10-29(21)22(30)15-28(2)14-17-6-3-4-7-19(17)24/h3-4,6-7,9,11-13,21H,5,8,10,14-15H2,1-2H3,(H,25,26,27)/t21-/m1/s1. The molecule has 0 spiro atoms. The van der Waals surface area contributed by atoms with Gasteiger partial charge in [-0.25, -0.2) is 9.37 Å². The molecule has 1 aliphatic heterocycles. The number of halogens is 1. The molecule has 0 aliphatic carbocycles. The predicted octanol–water partition coefficient (Wildman–Crippen LogP) is 4.52. The molecule has 0 bridgehead atoms. The van der Waals surface area contributed by atoms with Crippen molar-refractivity contribution in [3.63, 3.8) is 0 Å². The normalized spacial score (nSPS) is 16.1. The summed E-state index contributed by atoms with van der Waals surface area (Å²) in [5.74, 6) is -0.204. The maximum Gasteiger partial charge on any atom is 0.237 e. The van der Waals surface area contributed by atoms with Gasteiger partial charge < -0.3 is 10.2 Å². The smallest absolute Gasteiger partial charge is 0.237 e. The van der Waals surface area contributed by atoms with Crippen LogP contribution in [0.2, 0.25) is 0 Å². The minimum atomic E-state index is -0.245. The lowest BCUT2D eigenvalue weighted by atomic mass is 10.1. The Kier molecular flexibility index (Phi) is 6.58. The third-order valence-corrected chi connectivity index (χ3v) is 6.06. The van der Waals surface area contributed by atoms with Crippen molar-refractivity contribution in [2.24, 2.45) is 0 Å². The zero-order chi connectivity index (χ0) is 21.8. The van der Waals surface area contributed by atoms with Gasteiger partial charge in [0.2, 0.25) is 5.91 Å². The fourth-order valence-corrected chi connectivity index (χ4v) is 4.56. The van der Waals surface area contributed by atoms with Crippen LogP contribution in [0.1, 0.15) is 35.8 Å². The average Bonchev–Trinajstić information content (AvgIpc) is 3.41. The summed E-state index contributed by atoms with van der Waals surface area (Å²) >= 11 is 1.54. The molecule has 3 aromatic rings. The molecule has 0 unspecified atom stereocenters. The molecular weight excluding hydrogens is 413 g/mol. The van der Waals surface area contributed by atoms with Crippen LogP contribution in [0.15, 0.2) is 48.0 Å². The molecule has 31 heavy (non-hydrogen) atoms. The Balaban J connectivity index is 1.45. The van der Waals surface area contributed by atoms with Gasteiger partial charge in [-0.3, -0.25) is 14.7 Å². The molecule has 2 aromatic heterocycles. The van der Waals surface area contributed by atoms with Gasteiger partial charge >= 0.3 is 0 Å². The van der Waals surface area contributed by atoms with E-state index in [-0.39, 0.29) is 24.3 Å². The van der Waals surface area contributed by atoms with Crippen LogP contribution >= 0.6 is 11.3 Å². The first-order chi connectivity index (χ1) is 15.0. The van der Waals surface area contributed by atoms with Crippen molar-refractivity contribution in [3.8, 4) is 0 Å². The van der Waals surface area contributed by atoms with Gasteiger partial charge in [-0.05, 0) is 45.0 Å². The van der Waals surface area contributed by atoms with Gasteiger partial charge in [0, 0.05) is 41.6 Å². The number of thiazole rings is 1. The molecule has 8 heteroatoms. The number of nitrogens with one attached hydrogen (secondary N) is 1. The van der Waals surface area contributed by atoms with Gasteiger partial charge in [-0.1, -0.05) is 18.2 Å². The molecule has 1 N–H and O–H groups in total. The number of hydrogen-bond acceptors (Lipinski definition) is 6. The van der Waals surface area contributed by atoms with Crippen molar-refractivity contribution in [1.29, 1.82) is 0 Å². The molecule has 0 saturated carbocycles. The number of likely N-dealkylation sites (tertiary alicyclic amines) is 1. The quantitative estimate of drug-likeness (QED) is 0.586. The number of rotatable bonds is 7. The molecule has 1 amide bonds. The van der Waals surface area contributed by atoms with Crippen LogP contribution in [0.25, 0.3) is 0 Å². The highest BCUT2D eigenvalue weighted by molar-refractivity contribution is 7.13. The van der Waals surface area contributed by atoms with Gasteiger partial charge in [0.05, 0.1) is 18.3 Å². The predicted molar refractivity (Wildman–Crippen MR) is 121 cm³/mol. The van der Waals surface area contributed by atoms with E-state index in [4.69, 9.17) is 4.98 Å². The van der Waals surface area contributed by atoms with E-state index in [1.165, 1.54) is 17.4 Å². The first-order valence-corrected chi connectivity index (χ1v) is 11.2. The topological polar surface area (TPSA) is 61.4 Å². The Labute approximate surface area is 185 Å². The lowest BCUT2D eigenvalue weighted by Crippen LogP contribution is -2.38. The van der Waals surface area contributed by atoms with Crippen molar-refractivity contribution in [2.75, 3.05) is 25.5 Å². The third-order valence-electron chi connectivity index (χ3n) is 5.37. The number of aromatic nitrogens is 2. The second kappa shape index (κ2) is 9.53. The van der Waals surface area contributed by atoms with Gasteiger partial charge in [0.1, 0.15) is 5.82 Å². The first kappa shape index (κ1) is 21.4. The maximum atomic E-state index is 13.9. The van der Waals surface area contributed by atoms with E-state index < -0.39 is 0 Å². The fourth-order valence-electron chi connectivity index (χ4n) is 4.01. The Morgan fingerprint density at radius 3 is 2.97 bits per heavy atom. The highest BCUT2D eigenvalue weighted by Gasteiger charge is 2.31. The van der Waals surface area contributed by atoms with Gasteiger partial charge in [0.15, 0.2) is 5.13 Å². The number of anilines is 2. The van der Waals surface area contributed by atoms with Crippen molar-refractivity contribution in [3.05, 3.63) is 70.7 Å². The van der Waals surface area contributed by atoms with E-state index in [1.54, 1.807) is 18.3 Å². The summed E-state index contributed by atoms with van der Waals surface area (Å²) < 4.78 is 13.9. The van der Waals surface area contributed by atoms with E-state index in [1.807, 2.05) is 47.4 Å². The summed E-state index contributed by atoms with van der Waals surface area (Å²) in [6.45, 7) is 3.30. The number of nitrogens with zero attached hydrogens (tertiary/aromatic N) is 4. The molecule has 4 rings (SSSR count). The van der Waals surface area contributed by atoms with Gasteiger partial charge in [-0.15, -0.1) is 11.3 Å². The van der Waals surface area contributed by atoms with Crippen LogP contribution in [0.4, 0.5) is 15.2 Å². The first-order valence-electron chi connectivity index (χ1n) is 10.4. The molecule has 0 radical (unpaired) electrons. The number of amides is 1. The lowest BCUT2D eigenvalue weighted by Gasteiger charge is -2.27. The minimum absolute atomic E-state index is 0.0408. The van der Waals surface area contributed by atoms with E-state index >= 15 is 0 Å². The SMILES string of the molecule is Cc1cc(Nc2nccs2)cc([C@H]2CCCN2C(=O)CN(C)Cc2ccccc2F)n1. The van der Waals surface area contributed by atoms with Crippen molar-refractivity contribution in [1.82, 2.24) is 19.8 Å². The highest BCUT2D eigenvalue weighted by Crippen LogP contribution is 2.33. The molecule has 6 nitrogen and oxygen atoms in total. The third kappa shape index (κ3) is 5.26. The van der Waals surface area contributed by atoms with Gasteiger partial charge in [-0.2, -0.15) is 0 Å². The maximum absolute atomic E-state index is 13.9. The van der Waals surface area contributed by atoms with E-state index in [2.05, 4.69) is 10.3 Å². The van der Waals surface area contributed by atoms with E-state index in [0.717, 1.165) is 35.0 Å². The van der Waals surface area contributed by atoms with Gasteiger partial charge in [0.25, 0.3) is 0 Å². The number of pyridine rings is 1.